The minimum absolute atomic E-state index is 0.0464. The van der Waals surface area contributed by atoms with Crippen LogP contribution in [0.3, 0.4) is 0 Å². The van der Waals surface area contributed by atoms with Gasteiger partial charge < -0.3 is 10.0 Å². The van der Waals surface area contributed by atoms with Crippen molar-refractivity contribution in [3.63, 3.8) is 0 Å². The molecule has 1 aliphatic rings. The van der Waals surface area contributed by atoms with Gasteiger partial charge in [0, 0.05) is 19.1 Å². The maximum Gasteiger partial charge on any atom is 0.333 e. The van der Waals surface area contributed by atoms with Crippen molar-refractivity contribution in [2.75, 3.05) is 18.0 Å². The number of aromatic nitrogens is 2. The van der Waals surface area contributed by atoms with Gasteiger partial charge in [0.25, 0.3) is 0 Å². The highest BCUT2D eigenvalue weighted by molar-refractivity contribution is 5.62. The Morgan fingerprint density at radius 3 is 2.67 bits per heavy atom. The minimum atomic E-state index is -0.416. The molecule has 0 saturated carbocycles. The van der Waals surface area contributed by atoms with Crippen LogP contribution >= 0.6 is 0 Å². The zero-order valence-corrected chi connectivity index (χ0v) is 10.8. The van der Waals surface area contributed by atoms with E-state index in [0.717, 1.165) is 0 Å². The molecule has 7 heteroatoms. The molecule has 0 aliphatic carbocycles. The first kappa shape index (κ1) is 12.8. The van der Waals surface area contributed by atoms with E-state index in [2.05, 4.69) is 5.10 Å². The van der Waals surface area contributed by atoms with Crippen LogP contribution in [0.25, 0.3) is 0 Å². The van der Waals surface area contributed by atoms with Crippen molar-refractivity contribution in [2.24, 2.45) is 0 Å². The lowest BCUT2D eigenvalue weighted by Crippen LogP contribution is -2.25. The molecule has 7 nitrogen and oxygen atoms in total. The van der Waals surface area contributed by atoms with Crippen LogP contribution in [0.1, 0.15) is 32.0 Å². The molecular weight excluding hydrogens is 236 g/mol. The van der Waals surface area contributed by atoms with E-state index in [9.17, 15) is 15.2 Å². The molecule has 0 unspecified atom stereocenters. The number of anilines is 1. The second-order valence-corrected chi connectivity index (χ2v) is 4.94. The highest BCUT2D eigenvalue weighted by Gasteiger charge is 2.33. The monoisotopic (exact) mass is 254 g/mol. The van der Waals surface area contributed by atoms with Gasteiger partial charge in [-0.15, -0.1) is 0 Å². The van der Waals surface area contributed by atoms with Gasteiger partial charge in [0.15, 0.2) is 0 Å². The van der Waals surface area contributed by atoms with Crippen LogP contribution < -0.4 is 4.90 Å². The summed E-state index contributed by atoms with van der Waals surface area (Å²) >= 11 is 0. The fraction of sp³-hybridized carbons (Fsp3) is 0.727. The first-order chi connectivity index (χ1) is 8.41. The summed E-state index contributed by atoms with van der Waals surface area (Å²) in [5.41, 5.74) is 0.475. The average molecular weight is 254 g/mol. The van der Waals surface area contributed by atoms with Crippen molar-refractivity contribution in [2.45, 2.75) is 39.3 Å². The Bertz CT molecular complexity index is 469. The van der Waals surface area contributed by atoms with E-state index in [0.29, 0.717) is 31.0 Å². The Morgan fingerprint density at radius 2 is 2.22 bits per heavy atom. The summed E-state index contributed by atoms with van der Waals surface area (Å²) in [5, 5.41) is 25.0. The largest absolute Gasteiger partial charge is 0.391 e. The van der Waals surface area contributed by atoms with Gasteiger partial charge in [-0.2, -0.15) is 5.10 Å². The SMILES string of the molecule is Cc1nn(C(C)C)c(N2CC[C@H](O)C2)c1[N+](=O)[O-]. The van der Waals surface area contributed by atoms with Gasteiger partial charge in [-0.05, 0) is 27.2 Å². The van der Waals surface area contributed by atoms with Crippen molar-refractivity contribution >= 4 is 11.5 Å². The summed E-state index contributed by atoms with van der Waals surface area (Å²) in [6.07, 6.45) is 0.222. The van der Waals surface area contributed by atoms with Crippen molar-refractivity contribution in [1.82, 2.24) is 9.78 Å². The molecule has 0 radical (unpaired) electrons. The van der Waals surface area contributed by atoms with Crippen molar-refractivity contribution in [3.8, 4) is 0 Å². The van der Waals surface area contributed by atoms with Gasteiger partial charge >= 0.3 is 5.69 Å². The number of rotatable bonds is 3. The molecule has 1 aliphatic heterocycles. The van der Waals surface area contributed by atoms with Crippen LogP contribution in [0, 0.1) is 17.0 Å². The van der Waals surface area contributed by atoms with Gasteiger partial charge in [0.2, 0.25) is 5.82 Å². The van der Waals surface area contributed by atoms with E-state index in [4.69, 9.17) is 0 Å². The van der Waals surface area contributed by atoms with Crippen LogP contribution in [-0.2, 0) is 0 Å². The molecule has 2 heterocycles. The molecule has 1 saturated heterocycles. The van der Waals surface area contributed by atoms with Crippen LogP contribution in [0.2, 0.25) is 0 Å². The number of β-amino-alcohol motifs (C(OH)–C–C–N with tert-alkyl or cyclic N) is 1. The highest BCUT2D eigenvalue weighted by Crippen LogP contribution is 2.35. The molecule has 1 N–H and O–H groups in total. The summed E-state index contributed by atoms with van der Waals surface area (Å²) in [6, 6.07) is 0.0464. The first-order valence-corrected chi connectivity index (χ1v) is 6.08. The smallest absolute Gasteiger partial charge is 0.333 e. The Morgan fingerprint density at radius 1 is 1.56 bits per heavy atom. The van der Waals surface area contributed by atoms with Gasteiger partial charge in [-0.1, -0.05) is 0 Å². The molecule has 0 bridgehead atoms. The molecule has 1 aromatic rings. The molecule has 0 spiro atoms. The zero-order chi connectivity index (χ0) is 13.4. The minimum Gasteiger partial charge on any atom is -0.391 e. The van der Waals surface area contributed by atoms with E-state index >= 15 is 0 Å². The lowest BCUT2D eigenvalue weighted by molar-refractivity contribution is -0.384. The third-order valence-corrected chi connectivity index (χ3v) is 3.16. The maximum atomic E-state index is 11.2. The summed E-state index contributed by atoms with van der Waals surface area (Å²) in [7, 11) is 0. The van der Waals surface area contributed by atoms with Crippen LogP contribution in [-0.4, -0.2) is 39.0 Å². The average Bonchev–Trinajstić information content (AvgIpc) is 2.81. The molecule has 100 valence electrons. The molecular formula is C11H18N4O3. The van der Waals surface area contributed by atoms with Gasteiger partial charge in [-0.25, -0.2) is 4.68 Å². The van der Waals surface area contributed by atoms with Crippen molar-refractivity contribution in [3.05, 3.63) is 15.8 Å². The number of aryl methyl sites for hydroxylation is 1. The number of aliphatic hydroxyl groups is 1. The van der Waals surface area contributed by atoms with Crippen LogP contribution in [0.4, 0.5) is 11.5 Å². The maximum absolute atomic E-state index is 11.2. The van der Waals surface area contributed by atoms with E-state index in [1.54, 1.807) is 11.6 Å². The lowest BCUT2D eigenvalue weighted by Gasteiger charge is -2.20. The number of aliphatic hydroxyl groups excluding tert-OH is 1. The van der Waals surface area contributed by atoms with Crippen molar-refractivity contribution in [1.29, 1.82) is 0 Å². The molecule has 18 heavy (non-hydrogen) atoms. The van der Waals surface area contributed by atoms with Gasteiger partial charge in [0.1, 0.15) is 5.69 Å². The fourth-order valence-electron chi connectivity index (χ4n) is 2.33. The van der Waals surface area contributed by atoms with E-state index in [1.165, 1.54) is 0 Å². The van der Waals surface area contributed by atoms with Crippen molar-refractivity contribution < 1.29 is 10.0 Å². The normalized spacial score (nSPS) is 19.8. The Labute approximate surface area is 105 Å². The predicted octanol–water partition coefficient (Wildman–Crippen LogP) is 1.25. The number of nitrogens with zero attached hydrogens (tertiary/aromatic N) is 4. The lowest BCUT2D eigenvalue weighted by atomic mass is 10.3. The molecule has 1 aromatic heterocycles. The second-order valence-electron chi connectivity index (χ2n) is 4.94. The van der Waals surface area contributed by atoms with E-state index in [-0.39, 0.29) is 16.7 Å². The Balaban J connectivity index is 2.51. The van der Waals surface area contributed by atoms with Gasteiger partial charge in [0.05, 0.1) is 11.0 Å². The number of hydrogen-bond acceptors (Lipinski definition) is 5. The standard InChI is InChI=1S/C11H18N4O3/c1-7(2)14-11(13-5-4-9(16)6-13)10(15(17)18)8(3)12-14/h7,9,16H,4-6H2,1-3H3/t9-/m0/s1. The van der Waals surface area contributed by atoms with E-state index in [1.807, 2.05) is 18.7 Å². The molecule has 0 amide bonds. The second kappa shape index (κ2) is 4.56. The fourth-order valence-corrected chi connectivity index (χ4v) is 2.33. The predicted molar refractivity (Wildman–Crippen MR) is 66.8 cm³/mol. The Hall–Kier alpha value is -1.63. The quantitative estimate of drug-likeness (QED) is 0.648. The third-order valence-electron chi connectivity index (χ3n) is 3.16. The number of nitro groups is 1. The highest BCUT2D eigenvalue weighted by atomic mass is 16.6. The van der Waals surface area contributed by atoms with Crippen LogP contribution in [0.5, 0.6) is 0 Å². The molecule has 1 fully saturated rings. The zero-order valence-electron chi connectivity index (χ0n) is 10.8. The molecule has 1 atom stereocenters. The summed E-state index contributed by atoms with van der Waals surface area (Å²) < 4.78 is 1.67. The third kappa shape index (κ3) is 2.05. The summed E-state index contributed by atoms with van der Waals surface area (Å²) in [6.45, 7) is 6.57. The summed E-state index contributed by atoms with van der Waals surface area (Å²) in [5.74, 6) is 0.518. The molecule has 0 aromatic carbocycles. The number of hydrogen-bond donors (Lipinski definition) is 1. The topological polar surface area (TPSA) is 84.4 Å². The molecule has 2 rings (SSSR count). The van der Waals surface area contributed by atoms with Crippen LogP contribution in [0.15, 0.2) is 0 Å². The summed E-state index contributed by atoms with van der Waals surface area (Å²) in [4.78, 5) is 12.6. The Kier molecular flexibility index (Phi) is 3.25. The van der Waals surface area contributed by atoms with Gasteiger partial charge in [-0.3, -0.25) is 10.1 Å². The van der Waals surface area contributed by atoms with E-state index < -0.39 is 6.10 Å². The first-order valence-electron chi connectivity index (χ1n) is 6.08.